The number of amides is 1. The summed E-state index contributed by atoms with van der Waals surface area (Å²) in [5.74, 6) is -0.123. The number of aromatic nitrogens is 3. The molecule has 2 aromatic heterocycles. The van der Waals surface area contributed by atoms with Crippen LogP contribution in [-0.2, 0) is 13.0 Å². The monoisotopic (exact) mass is 294 g/mol. The fraction of sp³-hybridized carbons (Fsp3) is 0.188. The highest BCUT2D eigenvalue weighted by molar-refractivity contribution is 6.05. The number of rotatable bonds is 1. The van der Waals surface area contributed by atoms with E-state index in [9.17, 15) is 9.59 Å². The van der Waals surface area contributed by atoms with Crippen molar-refractivity contribution >= 4 is 16.8 Å². The van der Waals surface area contributed by atoms with Gasteiger partial charge in [-0.3, -0.25) is 9.59 Å². The Labute approximate surface area is 125 Å². The maximum Gasteiger partial charge on any atom is 0.255 e. The van der Waals surface area contributed by atoms with Gasteiger partial charge >= 0.3 is 0 Å². The van der Waals surface area contributed by atoms with Crippen molar-refractivity contribution in [3.63, 3.8) is 0 Å². The predicted molar refractivity (Wildman–Crippen MR) is 81.6 cm³/mol. The van der Waals surface area contributed by atoms with Crippen molar-refractivity contribution < 1.29 is 4.79 Å². The number of nitrogens with one attached hydrogen (secondary N) is 2. The van der Waals surface area contributed by atoms with Crippen molar-refractivity contribution in [2.24, 2.45) is 0 Å². The first kappa shape index (κ1) is 12.8. The highest BCUT2D eigenvalue weighted by Crippen LogP contribution is 2.20. The summed E-state index contributed by atoms with van der Waals surface area (Å²) in [6.07, 6.45) is 2.38. The zero-order chi connectivity index (χ0) is 15.1. The van der Waals surface area contributed by atoms with Gasteiger partial charge in [-0.05, 0) is 6.07 Å². The van der Waals surface area contributed by atoms with Gasteiger partial charge in [-0.2, -0.15) is 0 Å². The third-order valence-corrected chi connectivity index (χ3v) is 4.04. The smallest absolute Gasteiger partial charge is 0.255 e. The van der Waals surface area contributed by atoms with E-state index in [0.717, 1.165) is 23.2 Å². The van der Waals surface area contributed by atoms with Gasteiger partial charge in [0.05, 0.1) is 29.8 Å². The predicted octanol–water partition coefficient (Wildman–Crippen LogP) is 1.45. The lowest BCUT2D eigenvalue weighted by atomic mass is 10.1. The average Bonchev–Trinajstić information content (AvgIpc) is 3.00. The van der Waals surface area contributed by atoms with E-state index in [1.807, 2.05) is 18.2 Å². The summed E-state index contributed by atoms with van der Waals surface area (Å²) in [4.78, 5) is 36.5. The summed E-state index contributed by atoms with van der Waals surface area (Å²) >= 11 is 0. The van der Waals surface area contributed by atoms with Crippen LogP contribution in [0.1, 0.15) is 21.7 Å². The third kappa shape index (κ3) is 2.00. The van der Waals surface area contributed by atoms with Crippen LogP contribution in [0.15, 0.2) is 41.5 Å². The first-order chi connectivity index (χ1) is 10.7. The van der Waals surface area contributed by atoms with Gasteiger partial charge in [0.25, 0.3) is 5.91 Å². The fourth-order valence-electron chi connectivity index (χ4n) is 2.94. The van der Waals surface area contributed by atoms with Gasteiger partial charge < -0.3 is 14.9 Å². The summed E-state index contributed by atoms with van der Waals surface area (Å²) in [6.45, 7) is 1.10. The molecule has 0 fully saturated rings. The lowest BCUT2D eigenvalue weighted by Crippen LogP contribution is -2.36. The first-order valence-corrected chi connectivity index (χ1v) is 7.15. The number of pyridine rings is 1. The van der Waals surface area contributed by atoms with Gasteiger partial charge in [0.2, 0.25) is 5.56 Å². The van der Waals surface area contributed by atoms with Crippen LogP contribution in [0.4, 0.5) is 0 Å². The number of carbonyl (C=O) groups excluding carboxylic acids is 1. The zero-order valence-corrected chi connectivity index (χ0v) is 11.8. The Bertz CT molecular complexity index is 925. The molecule has 0 saturated carbocycles. The first-order valence-electron chi connectivity index (χ1n) is 7.15. The highest BCUT2D eigenvalue weighted by atomic mass is 16.2. The second kappa shape index (κ2) is 4.84. The van der Waals surface area contributed by atoms with Gasteiger partial charge in [0, 0.05) is 29.9 Å². The van der Waals surface area contributed by atoms with Crippen molar-refractivity contribution in [1.82, 2.24) is 19.9 Å². The summed E-state index contributed by atoms with van der Waals surface area (Å²) in [5.41, 5.74) is 2.84. The number of aromatic amines is 2. The fourth-order valence-corrected chi connectivity index (χ4v) is 2.94. The minimum absolute atomic E-state index is 0.123. The third-order valence-electron chi connectivity index (χ3n) is 4.04. The number of hydrogen-bond donors (Lipinski definition) is 2. The standard InChI is InChI=1S/C16H14N4O2/c21-15-7-11(10-3-1-2-4-12(10)19-15)16(22)20-6-5-13-14(8-20)18-9-17-13/h1-4,7,9H,5-6,8H2,(H,17,18)(H,19,21). The van der Waals surface area contributed by atoms with Crippen LogP contribution in [0.2, 0.25) is 0 Å². The SMILES string of the molecule is O=C(c1cc(=O)[nH]c2ccccc12)N1CCc2nc[nH]c2C1. The number of benzene rings is 1. The van der Waals surface area contributed by atoms with E-state index in [0.29, 0.717) is 24.2 Å². The second-order valence-electron chi connectivity index (χ2n) is 5.40. The van der Waals surface area contributed by atoms with E-state index in [4.69, 9.17) is 0 Å². The molecule has 110 valence electrons. The minimum atomic E-state index is -0.263. The lowest BCUT2D eigenvalue weighted by molar-refractivity contribution is 0.0733. The largest absolute Gasteiger partial charge is 0.347 e. The Balaban J connectivity index is 1.76. The molecule has 0 bridgehead atoms. The number of para-hydroxylation sites is 1. The van der Waals surface area contributed by atoms with E-state index in [1.165, 1.54) is 6.07 Å². The molecule has 1 aliphatic heterocycles. The molecule has 0 aliphatic carbocycles. The van der Waals surface area contributed by atoms with E-state index >= 15 is 0 Å². The molecule has 0 saturated heterocycles. The van der Waals surface area contributed by atoms with Crippen LogP contribution in [0.5, 0.6) is 0 Å². The maximum atomic E-state index is 12.8. The number of H-pyrrole nitrogens is 2. The van der Waals surface area contributed by atoms with Gasteiger partial charge in [-0.25, -0.2) is 4.98 Å². The molecule has 2 N–H and O–H groups in total. The summed E-state index contributed by atoms with van der Waals surface area (Å²) in [6, 6.07) is 8.73. The van der Waals surface area contributed by atoms with E-state index in [-0.39, 0.29) is 11.5 Å². The summed E-state index contributed by atoms with van der Waals surface area (Å²) in [7, 11) is 0. The molecule has 22 heavy (non-hydrogen) atoms. The molecule has 0 spiro atoms. The van der Waals surface area contributed by atoms with Gasteiger partial charge in [0.15, 0.2) is 0 Å². The number of nitrogens with zero attached hydrogens (tertiary/aromatic N) is 2. The second-order valence-corrected chi connectivity index (χ2v) is 5.40. The molecular formula is C16H14N4O2. The molecule has 6 heteroatoms. The Morgan fingerprint density at radius 1 is 1.27 bits per heavy atom. The Morgan fingerprint density at radius 3 is 3.05 bits per heavy atom. The zero-order valence-electron chi connectivity index (χ0n) is 11.8. The summed E-state index contributed by atoms with van der Waals surface area (Å²) in [5, 5.41) is 0.766. The molecule has 1 aliphatic rings. The van der Waals surface area contributed by atoms with Crippen LogP contribution in [0.25, 0.3) is 10.9 Å². The van der Waals surface area contributed by atoms with Crippen LogP contribution in [0.3, 0.4) is 0 Å². The van der Waals surface area contributed by atoms with Crippen molar-refractivity contribution in [2.45, 2.75) is 13.0 Å². The van der Waals surface area contributed by atoms with E-state index < -0.39 is 0 Å². The van der Waals surface area contributed by atoms with Crippen molar-refractivity contribution in [1.29, 1.82) is 0 Å². The Morgan fingerprint density at radius 2 is 2.14 bits per heavy atom. The lowest BCUT2D eigenvalue weighted by Gasteiger charge is -2.26. The Kier molecular flexibility index (Phi) is 2.82. The molecule has 0 atom stereocenters. The number of hydrogen-bond acceptors (Lipinski definition) is 3. The molecule has 0 unspecified atom stereocenters. The minimum Gasteiger partial charge on any atom is -0.347 e. The summed E-state index contributed by atoms with van der Waals surface area (Å²) < 4.78 is 0. The van der Waals surface area contributed by atoms with Gasteiger partial charge in [-0.15, -0.1) is 0 Å². The van der Waals surface area contributed by atoms with Crippen molar-refractivity contribution in [3.8, 4) is 0 Å². The number of imidazole rings is 1. The molecule has 1 amide bonds. The topological polar surface area (TPSA) is 81.8 Å². The number of carbonyl (C=O) groups is 1. The van der Waals surface area contributed by atoms with Crippen LogP contribution < -0.4 is 5.56 Å². The highest BCUT2D eigenvalue weighted by Gasteiger charge is 2.24. The normalized spacial score (nSPS) is 14.1. The van der Waals surface area contributed by atoms with Crippen molar-refractivity contribution in [3.05, 3.63) is 64.0 Å². The van der Waals surface area contributed by atoms with E-state index in [2.05, 4.69) is 15.0 Å². The molecule has 6 nitrogen and oxygen atoms in total. The van der Waals surface area contributed by atoms with Crippen molar-refractivity contribution in [2.75, 3.05) is 6.54 Å². The molecule has 1 aromatic carbocycles. The average molecular weight is 294 g/mol. The van der Waals surface area contributed by atoms with E-state index in [1.54, 1.807) is 17.3 Å². The van der Waals surface area contributed by atoms with Crippen LogP contribution >= 0.6 is 0 Å². The molecule has 0 radical (unpaired) electrons. The number of fused-ring (bicyclic) bond motifs is 2. The molecular weight excluding hydrogens is 280 g/mol. The van der Waals surface area contributed by atoms with Gasteiger partial charge in [-0.1, -0.05) is 18.2 Å². The quantitative estimate of drug-likeness (QED) is 0.712. The van der Waals surface area contributed by atoms with Crippen LogP contribution in [0, 0.1) is 0 Å². The maximum absolute atomic E-state index is 12.8. The molecule has 3 aromatic rings. The Hall–Kier alpha value is -2.89. The molecule has 4 rings (SSSR count). The van der Waals surface area contributed by atoms with Crippen LogP contribution in [-0.4, -0.2) is 32.3 Å². The molecule has 3 heterocycles. The van der Waals surface area contributed by atoms with Gasteiger partial charge in [0.1, 0.15) is 0 Å².